The minimum Gasteiger partial charge on any atom is -0.476 e. The number of hydrogen-bond donors (Lipinski definition) is 1. The zero-order valence-corrected chi connectivity index (χ0v) is 7.88. The highest BCUT2D eigenvalue weighted by Gasteiger charge is 2.31. The van der Waals surface area contributed by atoms with Crippen molar-refractivity contribution in [1.29, 1.82) is 0 Å². The van der Waals surface area contributed by atoms with E-state index in [1.54, 1.807) is 0 Å². The van der Waals surface area contributed by atoms with Crippen molar-refractivity contribution in [1.82, 2.24) is 0 Å². The molecule has 1 atom stereocenters. The smallest absolute Gasteiger partial charge is 0.227 e. The second-order valence-corrected chi connectivity index (χ2v) is 3.15. The Morgan fingerprint density at radius 2 is 2.14 bits per heavy atom. The zero-order chi connectivity index (χ0) is 10.1. The van der Waals surface area contributed by atoms with E-state index < -0.39 is 6.04 Å². The molecule has 2 N–H and O–H groups in total. The molecule has 0 bridgehead atoms. The van der Waals surface area contributed by atoms with E-state index in [2.05, 4.69) is 25.4 Å². The van der Waals surface area contributed by atoms with E-state index in [-0.39, 0.29) is 12.1 Å². The summed E-state index contributed by atoms with van der Waals surface area (Å²) in [6.07, 6.45) is 0.0108. The minimum absolute atomic E-state index is 0.0108. The molecule has 0 spiro atoms. The summed E-state index contributed by atoms with van der Waals surface area (Å²) in [5.41, 5.74) is 5.48. The van der Waals surface area contributed by atoms with Crippen LogP contribution in [0.3, 0.4) is 0 Å². The monoisotopic (exact) mass is 194 g/mol. The molecular weight excluding hydrogens is 184 g/mol. The van der Waals surface area contributed by atoms with Crippen LogP contribution in [-0.4, -0.2) is 29.8 Å². The predicted octanol–water partition coefficient (Wildman–Crippen LogP) is 0.286. The molecule has 74 valence electrons. The molecular formula is C7H10N6O. The highest BCUT2D eigenvalue weighted by molar-refractivity contribution is 6.17. The normalized spacial score (nSPS) is 24.2. The number of fused-ring (bicyclic) bond motifs is 1. The van der Waals surface area contributed by atoms with Gasteiger partial charge < -0.3 is 10.5 Å². The van der Waals surface area contributed by atoms with Crippen molar-refractivity contribution in [2.75, 3.05) is 0 Å². The van der Waals surface area contributed by atoms with Gasteiger partial charge in [0.15, 0.2) is 5.84 Å². The average molecular weight is 194 g/mol. The summed E-state index contributed by atoms with van der Waals surface area (Å²) in [5, 5.41) is 11.1. The van der Waals surface area contributed by atoms with Gasteiger partial charge in [0.2, 0.25) is 17.9 Å². The minimum atomic E-state index is -0.412. The molecule has 0 amide bonds. The number of amidine groups is 1. The Labute approximate surface area is 80.5 Å². The molecule has 0 saturated heterocycles. The van der Waals surface area contributed by atoms with Gasteiger partial charge in [-0.2, -0.15) is 9.98 Å². The van der Waals surface area contributed by atoms with Gasteiger partial charge in [-0.1, -0.05) is 0 Å². The van der Waals surface area contributed by atoms with E-state index >= 15 is 0 Å². The second-order valence-electron chi connectivity index (χ2n) is 3.15. The van der Waals surface area contributed by atoms with Crippen LogP contribution in [0.1, 0.15) is 13.8 Å². The molecule has 7 nitrogen and oxygen atoms in total. The lowest BCUT2D eigenvalue weighted by Crippen LogP contribution is -2.35. The SMILES string of the molecule is CC(C)OC1=NC(N)=NC2=NN=NC21. The van der Waals surface area contributed by atoms with E-state index in [1.165, 1.54) is 0 Å². The van der Waals surface area contributed by atoms with Crippen molar-refractivity contribution in [3.8, 4) is 0 Å². The molecule has 14 heavy (non-hydrogen) atoms. The van der Waals surface area contributed by atoms with Gasteiger partial charge in [0, 0.05) is 0 Å². The van der Waals surface area contributed by atoms with Crippen LogP contribution in [0, 0.1) is 0 Å². The Bertz CT molecular complexity index is 366. The summed E-state index contributed by atoms with van der Waals surface area (Å²) in [6, 6.07) is -0.412. The number of aliphatic imine (C=N–C) groups is 2. The third-order valence-electron chi connectivity index (χ3n) is 1.60. The number of rotatable bonds is 1. The Morgan fingerprint density at radius 1 is 1.36 bits per heavy atom. The van der Waals surface area contributed by atoms with Crippen LogP contribution in [0.5, 0.6) is 0 Å². The fraction of sp³-hybridized carbons (Fsp3) is 0.571. The maximum Gasteiger partial charge on any atom is 0.227 e. The Hall–Kier alpha value is -1.79. The third kappa shape index (κ3) is 1.48. The third-order valence-corrected chi connectivity index (χ3v) is 1.60. The number of hydrogen-bond acceptors (Lipinski definition) is 7. The zero-order valence-electron chi connectivity index (χ0n) is 7.88. The lowest BCUT2D eigenvalue weighted by molar-refractivity contribution is 0.222. The van der Waals surface area contributed by atoms with Gasteiger partial charge in [-0.25, -0.2) is 0 Å². The van der Waals surface area contributed by atoms with Crippen molar-refractivity contribution in [3.63, 3.8) is 0 Å². The first kappa shape index (κ1) is 8.79. The van der Waals surface area contributed by atoms with Crippen molar-refractivity contribution in [2.45, 2.75) is 26.0 Å². The molecule has 0 aliphatic carbocycles. The maximum absolute atomic E-state index is 5.48. The number of nitrogens with two attached hydrogens (primary N) is 1. The molecule has 0 saturated carbocycles. The van der Waals surface area contributed by atoms with Crippen LogP contribution in [0.2, 0.25) is 0 Å². The topological polar surface area (TPSA) is 97.0 Å². The summed E-state index contributed by atoms with van der Waals surface area (Å²) < 4.78 is 5.43. The molecule has 2 rings (SSSR count). The molecule has 0 aromatic rings. The lowest BCUT2D eigenvalue weighted by atomic mass is 10.2. The van der Waals surface area contributed by atoms with Crippen LogP contribution in [0.25, 0.3) is 0 Å². The predicted molar refractivity (Wildman–Crippen MR) is 51.4 cm³/mol. The number of ether oxygens (including phenoxy) is 1. The fourth-order valence-corrected chi connectivity index (χ4v) is 1.12. The van der Waals surface area contributed by atoms with Crippen LogP contribution in [0.15, 0.2) is 25.4 Å². The molecule has 2 aliphatic rings. The van der Waals surface area contributed by atoms with Crippen LogP contribution in [-0.2, 0) is 4.74 Å². The quantitative estimate of drug-likeness (QED) is 0.648. The van der Waals surface area contributed by atoms with E-state index in [4.69, 9.17) is 10.5 Å². The first-order valence-corrected chi connectivity index (χ1v) is 4.24. The summed E-state index contributed by atoms with van der Waals surface area (Å²) in [4.78, 5) is 7.84. The summed E-state index contributed by atoms with van der Waals surface area (Å²) in [5.74, 6) is 0.976. The van der Waals surface area contributed by atoms with Gasteiger partial charge in [0.1, 0.15) is 0 Å². The van der Waals surface area contributed by atoms with E-state index in [9.17, 15) is 0 Å². The van der Waals surface area contributed by atoms with Crippen LogP contribution in [0.4, 0.5) is 0 Å². The van der Waals surface area contributed by atoms with Crippen molar-refractivity contribution < 1.29 is 4.74 Å². The Kier molecular flexibility index (Phi) is 1.99. The van der Waals surface area contributed by atoms with Crippen molar-refractivity contribution >= 4 is 17.7 Å². The van der Waals surface area contributed by atoms with Gasteiger partial charge in [-0.15, -0.1) is 10.2 Å². The van der Waals surface area contributed by atoms with Gasteiger partial charge in [-0.3, -0.25) is 0 Å². The van der Waals surface area contributed by atoms with Gasteiger partial charge in [-0.05, 0) is 19.1 Å². The van der Waals surface area contributed by atoms with Gasteiger partial charge >= 0.3 is 0 Å². The molecule has 0 aromatic heterocycles. The molecule has 2 heterocycles. The first-order valence-electron chi connectivity index (χ1n) is 4.24. The molecule has 2 aliphatic heterocycles. The molecule has 1 unspecified atom stereocenters. The summed E-state index contributed by atoms with van der Waals surface area (Å²) >= 11 is 0. The number of guanidine groups is 1. The van der Waals surface area contributed by atoms with Crippen molar-refractivity contribution in [3.05, 3.63) is 0 Å². The standard InChI is InChI=1S/C7H10N6O/c1-3(2)14-6-4-5(12-13-11-4)9-7(8)10-6/h3-4H,1-2H3,(H2,8,9,11,12). The largest absolute Gasteiger partial charge is 0.476 e. The maximum atomic E-state index is 5.48. The van der Waals surface area contributed by atoms with Crippen LogP contribution < -0.4 is 5.73 Å². The van der Waals surface area contributed by atoms with E-state index in [0.717, 1.165) is 0 Å². The van der Waals surface area contributed by atoms with Crippen LogP contribution >= 0.6 is 0 Å². The lowest BCUT2D eigenvalue weighted by Gasteiger charge is -2.17. The molecule has 7 heteroatoms. The highest BCUT2D eigenvalue weighted by atomic mass is 16.5. The highest BCUT2D eigenvalue weighted by Crippen LogP contribution is 2.14. The van der Waals surface area contributed by atoms with Gasteiger partial charge in [0.25, 0.3) is 0 Å². The molecule has 0 fully saturated rings. The second kappa shape index (κ2) is 3.17. The van der Waals surface area contributed by atoms with Gasteiger partial charge in [0.05, 0.1) is 6.10 Å². The van der Waals surface area contributed by atoms with E-state index in [1.807, 2.05) is 13.8 Å². The average Bonchev–Trinajstić information content (AvgIpc) is 2.50. The molecule has 0 radical (unpaired) electrons. The van der Waals surface area contributed by atoms with Crippen molar-refractivity contribution in [2.24, 2.45) is 31.2 Å². The Morgan fingerprint density at radius 3 is 2.86 bits per heavy atom. The fourth-order valence-electron chi connectivity index (χ4n) is 1.12. The molecule has 0 aromatic carbocycles. The Balaban J connectivity index is 2.26. The summed E-state index contributed by atoms with van der Waals surface area (Å²) in [6.45, 7) is 3.79. The summed E-state index contributed by atoms with van der Waals surface area (Å²) in [7, 11) is 0. The van der Waals surface area contributed by atoms with E-state index in [0.29, 0.717) is 11.7 Å². The number of nitrogens with zero attached hydrogens (tertiary/aromatic N) is 5. The first-order chi connectivity index (χ1) is 6.66.